The first kappa shape index (κ1) is 17.2. The lowest BCUT2D eigenvalue weighted by molar-refractivity contribution is -0.140. The summed E-state index contributed by atoms with van der Waals surface area (Å²) in [5, 5.41) is 0. The third-order valence-corrected chi connectivity index (χ3v) is 4.24. The van der Waals surface area contributed by atoms with Crippen molar-refractivity contribution in [2.24, 2.45) is 16.5 Å². The van der Waals surface area contributed by atoms with Crippen molar-refractivity contribution in [3.8, 4) is 11.5 Å². The number of fused-ring (bicyclic) bond motifs is 1. The molecule has 4 N–H and O–H groups in total. The molecular formula is C17H14F3N7. The standard InChI is InChI=1S/C17H14F3N7/c18-17(19,20)14-13(27-8-2-1-3-12(27)26-14)15-23-7-5-10(25-15)16(22)6-4-11(21)24-9-16/h1-5,7-9H,6,21-22H2. The molecule has 1 atom stereocenters. The topological polar surface area (TPSA) is 107 Å². The highest BCUT2D eigenvalue weighted by Gasteiger charge is 2.39. The Hall–Kier alpha value is -3.27. The molecule has 0 aliphatic carbocycles. The number of alkyl halides is 3. The van der Waals surface area contributed by atoms with E-state index in [1.807, 2.05) is 0 Å². The number of rotatable bonds is 2. The van der Waals surface area contributed by atoms with Gasteiger partial charge in [0.15, 0.2) is 11.5 Å². The lowest BCUT2D eigenvalue weighted by Crippen LogP contribution is -2.40. The number of pyridine rings is 1. The zero-order chi connectivity index (χ0) is 19.2. The van der Waals surface area contributed by atoms with Gasteiger partial charge in [-0.2, -0.15) is 13.2 Å². The van der Waals surface area contributed by atoms with E-state index in [9.17, 15) is 13.2 Å². The smallest absolute Gasteiger partial charge is 0.384 e. The summed E-state index contributed by atoms with van der Waals surface area (Å²) >= 11 is 0. The predicted octanol–water partition coefficient (Wildman–Crippen LogP) is 2.24. The third kappa shape index (κ3) is 2.93. The summed E-state index contributed by atoms with van der Waals surface area (Å²) in [6, 6.07) is 6.23. The molecule has 4 heterocycles. The lowest BCUT2D eigenvalue weighted by atomic mass is 9.92. The fourth-order valence-corrected chi connectivity index (χ4v) is 2.88. The van der Waals surface area contributed by atoms with E-state index in [0.29, 0.717) is 17.9 Å². The molecule has 1 unspecified atom stereocenters. The zero-order valence-electron chi connectivity index (χ0n) is 13.9. The lowest BCUT2D eigenvalue weighted by Gasteiger charge is -2.25. The SMILES string of the molecule is NC1=CCC(N)(c2ccnc(-c3c(C(F)(F)F)nc4ccccn34)n2)C=N1. The quantitative estimate of drug-likeness (QED) is 0.716. The fourth-order valence-electron chi connectivity index (χ4n) is 2.88. The van der Waals surface area contributed by atoms with Crippen molar-refractivity contribution in [2.45, 2.75) is 18.1 Å². The molecule has 7 nitrogen and oxygen atoms in total. The van der Waals surface area contributed by atoms with E-state index in [-0.39, 0.29) is 17.2 Å². The molecular weight excluding hydrogens is 359 g/mol. The van der Waals surface area contributed by atoms with Gasteiger partial charge in [-0.15, -0.1) is 0 Å². The molecule has 27 heavy (non-hydrogen) atoms. The fraction of sp³-hybridized carbons (Fsp3) is 0.176. The summed E-state index contributed by atoms with van der Waals surface area (Å²) in [6.45, 7) is 0. The van der Waals surface area contributed by atoms with E-state index in [0.717, 1.165) is 0 Å². The number of nitrogens with zero attached hydrogens (tertiary/aromatic N) is 5. The van der Waals surface area contributed by atoms with E-state index in [4.69, 9.17) is 11.5 Å². The van der Waals surface area contributed by atoms with Crippen LogP contribution in [0.15, 0.2) is 53.5 Å². The maximum atomic E-state index is 13.5. The molecule has 138 valence electrons. The van der Waals surface area contributed by atoms with Gasteiger partial charge in [0.1, 0.15) is 17.2 Å². The molecule has 3 aromatic heterocycles. The van der Waals surface area contributed by atoms with Gasteiger partial charge in [-0.1, -0.05) is 6.07 Å². The molecule has 0 amide bonds. The number of aromatic nitrogens is 4. The highest BCUT2D eigenvalue weighted by Crippen LogP contribution is 2.36. The van der Waals surface area contributed by atoms with Crippen LogP contribution in [0.4, 0.5) is 13.2 Å². The van der Waals surface area contributed by atoms with Crippen molar-refractivity contribution >= 4 is 11.9 Å². The highest BCUT2D eigenvalue weighted by molar-refractivity contribution is 5.75. The van der Waals surface area contributed by atoms with Crippen LogP contribution in [-0.2, 0) is 11.7 Å². The molecule has 0 saturated carbocycles. The largest absolute Gasteiger partial charge is 0.435 e. The average Bonchev–Trinajstić information content (AvgIpc) is 3.04. The van der Waals surface area contributed by atoms with Gasteiger partial charge in [0.2, 0.25) is 0 Å². The minimum atomic E-state index is -4.66. The molecule has 10 heteroatoms. The second kappa shape index (κ2) is 5.88. The molecule has 4 rings (SSSR count). The van der Waals surface area contributed by atoms with Crippen molar-refractivity contribution in [1.29, 1.82) is 0 Å². The Morgan fingerprint density at radius 1 is 1.15 bits per heavy atom. The zero-order valence-corrected chi connectivity index (χ0v) is 13.9. The van der Waals surface area contributed by atoms with Crippen LogP contribution in [0.5, 0.6) is 0 Å². The summed E-state index contributed by atoms with van der Waals surface area (Å²) in [5.74, 6) is 0.200. The van der Waals surface area contributed by atoms with Crippen LogP contribution >= 0.6 is 0 Å². The van der Waals surface area contributed by atoms with Crippen LogP contribution in [-0.4, -0.2) is 25.6 Å². The van der Waals surface area contributed by atoms with Crippen molar-refractivity contribution in [2.75, 3.05) is 0 Å². The molecule has 1 aliphatic heterocycles. The average molecular weight is 373 g/mol. The second-order valence-electron chi connectivity index (χ2n) is 6.13. The maximum Gasteiger partial charge on any atom is 0.435 e. The van der Waals surface area contributed by atoms with E-state index >= 15 is 0 Å². The van der Waals surface area contributed by atoms with Crippen molar-refractivity contribution in [1.82, 2.24) is 19.4 Å². The van der Waals surface area contributed by atoms with Gasteiger partial charge < -0.3 is 11.5 Å². The number of nitrogens with two attached hydrogens (primary N) is 2. The Morgan fingerprint density at radius 2 is 1.96 bits per heavy atom. The van der Waals surface area contributed by atoms with Gasteiger partial charge in [0, 0.05) is 18.6 Å². The maximum absolute atomic E-state index is 13.5. The number of hydrogen-bond acceptors (Lipinski definition) is 6. The van der Waals surface area contributed by atoms with Crippen molar-refractivity contribution in [3.05, 3.63) is 59.9 Å². The molecule has 0 fully saturated rings. The van der Waals surface area contributed by atoms with Crippen LogP contribution in [0.3, 0.4) is 0 Å². The molecule has 0 aromatic carbocycles. The minimum absolute atomic E-state index is 0.126. The van der Waals surface area contributed by atoms with Crippen LogP contribution in [0.1, 0.15) is 17.8 Å². The van der Waals surface area contributed by atoms with E-state index < -0.39 is 17.4 Å². The Labute approximate surface area is 151 Å². The Bertz CT molecular complexity index is 1080. The van der Waals surface area contributed by atoms with Gasteiger partial charge >= 0.3 is 6.18 Å². The highest BCUT2D eigenvalue weighted by atomic mass is 19.4. The van der Waals surface area contributed by atoms with Gasteiger partial charge in [-0.3, -0.25) is 4.40 Å². The van der Waals surface area contributed by atoms with Crippen LogP contribution in [0.2, 0.25) is 0 Å². The first-order valence-corrected chi connectivity index (χ1v) is 7.96. The second-order valence-corrected chi connectivity index (χ2v) is 6.13. The van der Waals surface area contributed by atoms with Gasteiger partial charge in [0.05, 0.1) is 11.2 Å². The van der Waals surface area contributed by atoms with E-state index in [2.05, 4.69) is 19.9 Å². The van der Waals surface area contributed by atoms with Gasteiger partial charge in [-0.25, -0.2) is 19.9 Å². The minimum Gasteiger partial charge on any atom is -0.384 e. The monoisotopic (exact) mass is 373 g/mol. The number of hydrogen-bond donors (Lipinski definition) is 2. The molecule has 0 spiro atoms. The first-order chi connectivity index (χ1) is 12.8. The van der Waals surface area contributed by atoms with Crippen LogP contribution in [0.25, 0.3) is 17.2 Å². The number of imidazole rings is 1. The summed E-state index contributed by atoms with van der Waals surface area (Å²) in [5.41, 5.74) is 10.0. The number of aliphatic imine (C=N–C) groups is 1. The summed E-state index contributed by atoms with van der Waals surface area (Å²) in [6.07, 6.45) is 1.57. The summed E-state index contributed by atoms with van der Waals surface area (Å²) < 4.78 is 41.9. The number of halogens is 3. The van der Waals surface area contributed by atoms with Crippen LogP contribution < -0.4 is 11.5 Å². The van der Waals surface area contributed by atoms with E-state index in [1.165, 1.54) is 29.1 Å². The van der Waals surface area contributed by atoms with Gasteiger partial charge in [-0.05, 0) is 30.7 Å². The van der Waals surface area contributed by atoms with E-state index in [1.54, 1.807) is 24.3 Å². The third-order valence-electron chi connectivity index (χ3n) is 4.24. The predicted molar refractivity (Wildman–Crippen MR) is 92.5 cm³/mol. The normalized spacial score (nSPS) is 20.1. The molecule has 0 bridgehead atoms. The van der Waals surface area contributed by atoms with Gasteiger partial charge in [0.25, 0.3) is 0 Å². The molecule has 0 radical (unpaired) electrons. The Kier molecular flexibility index (Phi) is 3.74. The van der Waals surface area contributed by atoms with Crippen LogP contribution in [0, 0.1) is 0 Å². The van der Waals surface area contributed by atoms with Crippen molar-refractivity contribution in [3.63, 3.8) is 0 Å². The van der Waals surface area contributed by atoms with Crippen molar-refractivity contribution < 1.29 is 13.2 Å². The Balaban J connectivity index is 1.90. The Morgan fingerprint density at radius 3 is 2.67 bits per heavy atom. The first-order valence-electron chi connectivity index (χ1n) is 7.96. The molecule has 1 aliphatic rings. The molecule has 0 saturated heterocycles. The summed E-state index contributed by atoms with van der Waals surface area (Å²) in [4.78, 5) is 16.0. The molecule has 3 aromatic rings. The summed E-state index contributed by atoms with van der Waals surface area (Å²) in [7, 11) is 0.